The summed E-state index contributed by atoms with van der Waals surface area (Å²) in [4.78, 5) is 0. The largest absolute Gasteiger partial charge is 0.314 e. The molecule has 0 aliphatic carbocycles. The van der Waals surface area contributed by atoms with E-state index in [0.29, 0.717) is 11.4 Å². The molecule has 78 valence electrons. The molecule has 0 radical (unpaired) electrons. The average Bonchev–Trinajstić information content (AvgIpc) is 2.53. The Bertz CT molecular complexity index is 505. The van der Waals surface area contributed by atoms with E-state index in [2.05, 4.69) is 10.2 Å². The molecular weight excluding hydrogens is 200 g/mol. The van der Waals surface area contributed by atoms with Crippen molar-refractivity contribution in [1.82, 2.24) is 14.8 Å². The third kappa shape index (κ3) is 1.60. The van der Waals surface area contributed by atoms with Gasteiger partial charge in [-0.3, -0.25) is 0 Å². The van der Waals surface area contributed by atoms with Crippen LogP contribution in [0.4, 0.5) is 8.78 Å². The van der Waals surface area contributed by atoms with E-state index < -0.39 is 11.6 Å². The summed E-state index contributed by atoms with van der Waals surface area (Å²) in [6, 6.07) is 3.66. The Morgan fingerprint density at radius 1 is 1.13 bits per heavy atom. The zero-order valence-corrected chi connectivity index (χ0v) is 8.33. The fraction of sp³-hybridized carbons (Fsp3) is 0.200. The summed E-state index contributed by atoms with van der Waals surface area (Å²) in [6.45, 7) is 1.79. The molecule has 0 amide bonds. The fourth-order valence-corrected chi connectivity index (χ4v) is 1.29. The normalized spacial score (nSPS) is 10.7. The van der Waals surface area contributed by atoms with E-state index in [9.17, 15) is 8.78 Å². The van der Waals surface area contributed by atoms with Gasteiger partial charge in [-0.1, -0.05) is 0 Å². The first-order valence-electron chi connectivity index (χ1n) is 4.41. The van der Waals surface area contributed by atoms with Crippen LogP contribution in [0.3, 0.4) is 0 Å². The van der Waals surface area contributed by atoms with Gasteiger partial charge >= 0.3 is 0 Å². The van der Waals surface area contributed by atoms with Crippen LogP contribution in [0.1, 0.15) is 5.82 Å². The lowest BCUT2D eigenvalue weighted by molar-refractivity contribution is 0.509. The second-order valence-corrected chi connectivity index (χ2v) is 3.26. The molecule has 2 rings (SSSR count). The Kier molecular flexibility index (Phi) is 2.22. The van der Waals surface area contributed by atoms with Crippen LogP contribution in [-0.4, -0.2) is 14.8 Å². The van der Waals surface area contributed by atoms with Crippen molar-refractivity contribution in [3.05, 3.63) is 35.7 Å². The Hall–Kier alpha value is -1.78. The smallest absolute Gasteiger partial charge is 0.163 e. The summed E-state index contributed by atoms with van der Waals surface area (Å²) in [6.07, 6.45) is 0. The maximum absolute atomic E-state index is 13.0. The summed E-state index contributed by atoms with van der Waals surface area (Å²) < 4.78 is 27.4. The SMILES string of the molecule is Cc1nnc(-c2ccc(F)c(F)c2)n1C. The highest BCUT2D eigenvalue weighted by Gasteiger charge is 2.10. The summed E-state index contributed by atoms with van der Waals surface area (Å²) in [5.74, 6) is -0.507. The minimum atomic E-state index is -0.881. The van der Waals surface area contributed by atoms with E-state index in [-0.39, 0.29) is 0 Å². The molecule has 0 saturated heterocycles. The van der Waals surface area contributed by atoms with Gasteiger partial charge in [0.2, 0.25) is 0 Å². The third-order valence-corrected chi connectivity index (χ3v) is 2.27. The van der Waals surface area contributed by atoms with Crippen LogP contribution in [0, 0.1) is 18.6 Å². The molecule has 0 saturated carbocycles. The first-order valence-corrected chi connectivity index (χ1v) is 4.41. The molecule has 1 heterocycles. The molecule has 1 aromatic carbocycles. The van der Waals surface area contributed by atoms with Gasteiger partial charge in [0.05, 0.1) is 0 Å². The average molecular weight is 209 g/mol. The van der Waals surface area contributed by atoms with E-state index in [0.717, 1.165) is 18.0 Å². The topological polar surface area (TPSA) is 30.7 Å². The van der Waals surface area contributed by atoms with Crippen LogP contribution < -0.4 is 0 Å². The van der Waals surface area contributed by atoms with Crippen molar-refractivity contribution in [2.24, 2.45) is 7.05 Å². The summed E-state index contributed by atoms with van der Waals surface area (Å²) in [7, 11) is 1.77. The fourth-order valence-electron chi connectivity index (χ4n) is 1.29. The maximum Gasteiger partial charge on any atom is 0.163 e. The minimum absolute atomic E-state index is 0.511. The number of hydrogen-bond acceptors (Lipinski definition) is 2. The first kappa shape index (κ1) is 9.76. The zero-order valence-electron chi connectivity index (χ0n) is 8.33. The lowest BCUT2D eigenvalue weighted by Crippen LogP contribution is -1.95. The van der Waals surface area contributed by atoms with Crippen molar-refractivity contribution in [2.45, 2.75) is 6.92 Å². The molecule has 2 aromatic rings. The van der Waals surface area contributed by atoms with Crippen molar-refractivity contribution in [3.8, 4) is 11.4 Å². The molecule has 0 bridgehead atoms. The molecule has 0 aliphatic heterocycles. The number of nitrogens with zero attached hydrogens (tertiary/aromatic N) is 3. The maximum atomic E-state index is 13.0. The van der Waals surface area contributed by atoms with E-state index in [1.165, 1.54) is 6.07 Å². The monoisotopic (exact) mass is 209 g/mol. The molecule has 0 fully saturated rings. The molecule has 0 unspecified atom stereocenters. The van der Waals surface area contributed by atoms with Crippen molar-refractivity contribution in [3.63, 3.8) is 0 Å². The van der Waals surface area contributed by atoms with Gasteiger partial charge in [0.25, 0.3) is 0 Å². The van der Waals surface area contributed by atoms with Crippen molar-refractivity contribution < 1.29 is 8.78 Å². The highest BCUT2D eigenvalue weighted by atomic mass is 19.2. The van der Waals surface area contributed by atoms with Crippen molar-refractivity contribution in [2.75, 3.05) is 0 Å². The van der Waals surface area contributed by atoms with E-state index >= 15 is 0 Å². The number of rotatable bonds is 1. The quantitative estimate of drug-likeness (QED) is 0.719. The van der Waals surface area contributed by atoms with Crippen molar-refractivity contribution in [1.29, 1.82) is 0 Å². The van der Waals surface area contributed by atoms with Gasteiger partial charge < -0.3 is 4.57 Å². The summed E-state index contributed by atoms with van der Waals surface area (Å²) in [5, 5.41) is 7.72. The number of hydrogen-bond donors (Lipinski definition) is 0. The molecule has 1 aromatic heterocycles. The predicted molar refractivity (Wildman–Crippen MR) is 51.1 cm³/mol. The van der Waals surface area contributed by atoms with Crippen LogP contribution in [0.15, 0.2) is 18.2 Å². The van der Waals surface area contributed by atoms with Gasteiger partial charge in [0.15, 0.2) is 17.5 Å². The molecule has 0 atom stereocenters. The number of halogens is 2. The highest BCUT2D eigenvalue weighted by molar-refractivity contribution is 5.55. The van der Waals surface area contributed by atoms with Crippen LogP contribution >= 0.6 is 0 Å². The number of aryl methyl sites for hydroxylation is 1. The van der Waals surface area contributed by atoms with Gasteiger partial charge in [-0.05, 0) is 25.1 Å². The van der Waals surface area contributed by atoms with Crippen LogP contribution in [0.5, 0.6) is 0 Å². The van der Waals surface area contributed by atoms with Crippen LogP contribution in [0.25, 0.3) is 11.4 Å². The van der Waals surface area contributed by atoms with Gasteiger partial charge in [-0.15, -0.1) is 10.2 Å². The molecule has 0 spiro atoms. The van der Waals surface area contributed by atoms with Gasteiger partial charge in [-0.2, -0.15) is 0 Å². The van der Waals surface area contributed by atoms with Gasteiger partial charge in [0.1, 0.15) is 5.82 Å². The Labute approximate surface area is 85.4 Å². The highest BCUT2D eigenvalue weighted by Crippen LogP contribution is 2.19. The van der Waals surface area contributed by atoms with Crippen molar-refractivity contribution >= 4 is 0 Å². The first-order chi connectivity index (χ1) is 7.09. The van der Waals surface area contributed by atoms with Gasteiger partial charge in [0, 0.05) is 12.6 Å². The van der Waals surface area contributed by atoms with E-state index in [1.807, 2.05) is 0 Å². The van der Waals surface area contributed by atoms with Gasteiger partial charge in [-0.25, -0.2) is 8.78 Å². The van der Waals surface area contributed by atoms with E-state index in [4.69, 9.17) is 0 Å². The molecule has 5 heteroatoms. The second kappa shape index (κ2) is 3.42. The lowest BCUT2D eigenvalue weighted by Gasteiger charge is -2.01. The van der Waals surface area contributed by atoms with E-state index in [1.54, 1.807) is 18.5 Å². The second-order valence-electron chi connectivity index (χ2n) is 3.26. The predicted octanol–water partition coefficient (Wildman–Crippen LogP) is 2.07. The Balaban J connectivity index is 2.55. The number of aromatic nitrogens is 3. The Morgan fingerprint density at radius 3 is 2.40 bits per heavy atom. The zero-order chi connectivity index (χ0) is 11.0. The van der Waals surface area contributed by atoms with Crippen LogP contribution in [0.2, 0.25) is 0 Å². The summed E-state index contributed by atoms with van der Waals surface area (Å²) in [5.41, 5.74) is 0.511. The number of benzene rings is 1. The lowest BCUT2D eigenvalue weighted by atomic mass is 10.2. The van der Waals surface area contributed by atoms with Crippen LogP contribution in [-0.2, 0) is 7.05 Å². The minimum Gasteiger partial charge on any atom is -0.314 e. The molecular formula is C10H9F2N3. The third-order valence-electron chi connectivity index (χ3n) is 2.27. The molecule has 15 heavy (non-hydrogen) atoms. The standard InChI is InChI=1S/C10H9F2N3/c1-6-13-14-10(15(6)2)7-3-4-8(11)9(12)5-7/h3-5H,1-2H3. The molecule has 0 N–H and O–H groups in total. The summed E-state index contributed by atoms with van der Waals surface area (Å²) >= 11 is 0. The molecule has 3 nitrogen and oxygen atoms in total. The Morgan fingerprint density at radius 2 is 1.87 bits per heavy atom. The molecule has 0 aliphatic rings.